The van der Waals surface area contributed by atoms with Gasteiger partial charge in [0.1, 0.15) is 6.61 Å². The van der Waals surface area contributed by atoms with Gasteiger partial charge in [0.2, 0.25) is 0 Å². The van der Waals surface area contributed by atoms with E-state index < -0.39 is 0 Å². The molecule has 0 bridgehead atoms. The molecule has 2 heterocycles. The van der Waals surface area contributed by atoms with Crippen LogP contribution in [-0.4, -0.2) is 59.0 Å². The number of hydrogen-bond acceptors (Lipinski definition) is 6. The number of hydrogen-bond donors (Lipinski definition) is 1. The number of imidazole rings is 1. The fourth-order valence-electron chi connectivity index (χ4n) is 3.14. The van der Waals surface area contributed by atoms with Gasteiger partial charge < -0.3 is 24.1 Å². The molecule has 1 N–H and O–H groups in total. The topological polar surface area (TPSA) is 85.2 Å². The average Bonchev–Trinajstić information content (AvgIpc) is 3.16. The number of esters is 1. The molecule has 1 amide bonds. The summed E-state index contributed by atoms with van der Waals surface area (Å²) in [4.78, 5) is 31.0. The largest absolute Gasteiger partial charge is 0.480 e. The maximum absolute atomic E-state index is 12.2. The Morgan fingerprint density at radius 3 is 2.58 bits per heavy atom. The fraction of sp³-hybridized carbons (Fsp3) is 0.348. The summed E-state index contributed by atoms with van der Waals surface area (Å²) in [6.45, 7) is 8.78. The monoisotopic (exact) mass is 424 g/mol. The Bertz CT molecular complexity index is 1030. The predicted octanol–water partition coefficient (Wildman–Crippen LogP) is 3.16. The van der Waals surface area contributed by atoms with Gasteiger partial charge in [0.15, 0.2) is 18.0 Å². The number of ether oxygens (including phenoxy) is 2. The molecule has 0 fully saturated rings. The lowest BCUT2D eigenvalue weighted by atomic mass is 10.2. The average molecular weight is 425 g/mol. The lowest BCUT2D eigenvalue weighted by Gasteiger charge is -2.17. The molecule has 0 saturated heterocycles. The third kappa shape index (κ3) is 6.05. The molecule has 8 heteroatoms. The highest BCUT2D eigenvalue weighted by Gasteiger charge is 2.11. The number of nitrogens with zero attached hydrogens (tertiary/aromatic N) is 3. The van der Waals surface area contributed by atoms with Crippen molar-refractivity contribution in [1.29, 1.82) is 0 Å². The van der Waals surface area contributed by atoms with Crippen LogP contribution in [0.1, 0.15) is 29.9 Å². The van der Waals surface area contributed by atoms with Gasteiger partial charge in [0, 0.05) is 24.6 Å². The number of carbonyl (C=O) groups is 2. The molecule has 0 radical (unpaired) electrons. The second-order valence-electron chi connectivity index (χ2n) is 7.06. The second kappa shape index (κ2) is 10.6. The van der Waals surface area contributed by atoms with Crippen LogP contribution in [0.15, 0.2) is 48.8 Å². The van der Waals surface area contributed by atoms with Crippen molar-refractivity contribution in [2.75, 3.05) is 38.2 Å². The highest BCUT2D eigenvalue weighted by Crippen LogP contribution is 2.19. The quantitative estimate of drug-likeness (QED) is 0.503. The van der Waals surface area contributed by atoms with Gasteiger partial charge >= 0.3 is 5.97 Å². The zero-order valence-electron chi connectivity index (χ0n) is 18.1. The van der Waals surface area contributed by atoms with E-state index in [0.29, 0.717) is 35.8 Å². The molecule has 0 aliphatic carbocycles. The van der Waals surface area contributed by atoms with E-state index in [1.54, 1.807) is 30.3 Å². The summed E-state index contributed by atoms with van der Waals surface area (Å²) in [5.41, 5.74) is 2.54. The molecular formula is C23H28N4O4. The SMILES string of the molecule is CCN(CC)CCOC(=O)c1ccc(NC(=O)COc2cccn3cc(C)nc23)cc1. The number of rotatable bonds is 10. The number of aryl methyl sites for hydroxylation is 1. The van der Waals surface area contributed by atoms with Crippen molar-refractivity contribution in [2.45, 2.75) is 20.8 Å². The van der Waals surface area contributed by atoms with Crippen LogP contribution in [0.2, 0.25) is 0 Å². The molecular weight excluding hydrogens is 396 g/mol. The van der Waals surface area contributed by atoms with Crippen molar-refractivity contribution in [2.24, 2.45) is 0 Å². The van der Waals surface area contributed by atoms with Crippen molar-refractivity contribution in [3.8, 4) is 5.75 Å². The molecule has 0 aliphatic rings. The molecule has 0 aliphatic heterocycles. The first-order valence-electron chi connectivity index (χ1n) is 10.4. The van der Waals surface area contributed by atoms with Gasteiger partial charge in [-0.3, -0.25) is 4.79 Å². The fourth-order valence-corrected chi connectivity index (χ4v) is 3.14. The van der Waals surface area contributed by atoms with Crippen molar-refractivity contribution < 1.29 is 19.1 Å². The molecule has 164 valence electrons. The van der Waals surface area contributed by atoms with E-state index in [2.05, 4.69) is 29.0 Å². The number of amides is 1. The molecule has 3 aromatic rings. The Kier molecular flexibility index (Phi) is 7.61. The lowest BCUT2D eigenvalue weighted by Crippen LogP contribution is -2.27. The van der Waals surface area contributed by atoms with E-state index in [-0.39, 0.29) is 18.5 Å². The van der Waals surface area contributed by atoms with Crippen LogP contribution in [0.25, 0.3) is 5.65 Å². The van der Waals surface area contributed by atoms with Gasteiger partial charge in [0.25, 0.3) is 5.91 Å². The van der Waals surface area contributed by atoms with E-state index in [1.165, 1.54) is 0 Å². The van der Waals surface area contributed by atoms with Crippen molar-refractivity contribution in [1.82, 2.24) is 14.3 Å². The summed E-state index contributed by atoms with van der Waals surface area (Å²) >= 11 is 0. The number of nitrogens with one attached hydrogen (secondary N) is 1. The zero-order chi connectivity index (χ0) is 22.2. The number of anilines is 1. The van der Waals surface area contributed by atoms with E-state index in [4.69, 9.17) is 9.47 Å². The third-order valence-electron chi connectivity index (χ3n) is 4.87. The van der Waals surface area contributed by atoms with Crippen molar-refractivity contribution in [3.63, 3.8) is 0 Å². The number of pyridine rings is 1. The standard InChI is InChI=1S/C23H28N4O4/c1-4-26(5-2)13-14-30-23(29)18-8-10-19(11-9-18)25-21(28)16-31-20-7-6-12-27-15-17(3)24-22(20)27/h6-12,15H,4-5,13-14,16H2,1-3H3,(H,25,28). The van der Waals surface area contributed by atoms with Crippen LogP contribution in [0.5, 0.6) is 5.75 Å². The Morgan fingerprint density at radius 1 is 1.13 bits per heavy atom. The molecule has 2 aromatic heterocycles. The van der Waals surface area contributed by atoms with Crippen LogP contribution in [0.4, 0.5) is 5.69 Å². The van der Waals surface area contributed by atoms with E-state index >= 15 is 0 Å². The molecule has 1 aromatic carbocycles. The minimum absolute atomic E-state index is 0.152. The summed E-state index contributed by atoms with van der Waals surface area (Å²) in [7, 11) is 0. The molecule has 0 saturated carbocycles. The summed E-state index contributed by atoms with van der Waals surface area (Å²) in [6.07, 6.45) is 3.76. The van der Waals surface area contributed by atoms with E-state index in [9.17, 15) is 9.59 Å². The van der Waals surface area contributed by atoms with E-state index in [0.717, 1.165) is 18.8 Å². The first kappa shape index (κ1) is 22.3. The normalized spacial score (nSPS) is 11.0. The van der Waals surface area contributed by atoms with Crippen LogP contribution in [0, 0.1) is 6.92 Å². The number of likely N-dealkylation sites (N-methyl/N-ethyl adjacent to an activating group) is 1. The summed E-state index contributed by atoms with van der Waals surface area (Å²) < 4.78 is 12.8. The zero-order valence-corrected chi connectivity index (χ0v) is 18.1. The molecule has 3 rings (SSSR count). The van der Waals surface area contributed by atoms with Crippen LogP contribution >= 0.6 is 0 Å². The third-order valence-corrected chi connectivity index (χ3v) is 4.87. The van der Waals surface area contributed by atoms with E-state index in [1.807, 2.05) is 29.8 Å². The van der Waals surface area contributed by atoms with Gasteiger partial charge in [-0.25, -0.2) is 9.78 Å². The Labute approximate surface area is 181 Å². The summed E-state index contributed by atoms with van der Waals surface area (Å²) in [5, 5.41) is 2.75. The molecule has 0 spiro atoms. The van der Waals surface area contributed by atoms with Crippen LogP contribution < -0.4 is 10.1 Å². The molecule has 8 nitrogen and oxygen atoms in total. The van der Waals surface area contributed by atoms with Crippen LogP contribution in [0.3, 0.4) is 0 Å². The second-order valence-corrected chi connectivity index (χ2v) is 7.06. The van der Waals surface area contributed by atoms with Gasteiger partial charge in [0.05, 0.1) is 11.3 Å². The van der Waals surface area contributed by atoms with Gasteiger partial charge in [-0.05, 0) is 56.4 Å². The maximum Gasteiger partial charge on any atom is 0.338 e. The molecule has 31 heavy (non-hydrogen) atoms. The number of fused-ring (bicyclic) bond motifs is 1. The molecule has 0 unspecified atom stereocenters. The van der Waals surface area contributed by atoms with Crippen molar-refractivity contribution in [3.05, 3.63) is 60.0 Å². The minimum Gasteiger partial charge on any atom is -0.480 e. The Morgan fingerprint density at radius 2 is 1.87 bits per heavy atom. The minimum atomic E-state index is -0.378. The Balaban J connectivity index is 1.48. The molecule has 0 atom stereocenters. The van der Waals surface area contributed by atoms with Gasteiger partial charge in [-0.15, -0.1) is 0 Å². The lowest BCUT2D eigenvalue weighted by molar-refractivity contribution is -0.118. The van der Waals surface area contributed by atoms with Gasteiger partial charge in [-0.1, -0.05) is 13.8 Å². The van der Waals surface area contributed by atoms with Crippen LogP contribution in [-0.2, 0) is 9.53 Å². The summed E-state index contributed by atoms with van der Waals surface area (Å²) in [6, 6.07) is 10.2. The predicted molar refractivity (Wildman–Crippen MR) is 119 cm³/mol. The number of benzene rings is 1. The smallest absolute Gasteiger partial charge is 0.338 e. The first-order valence-corrected chi connectivity index (χ1v) is 10.4. The number of aromatic nitrogens is 2. The highest BCUT2D eigenvalue weighted by molar-refractivity contribution is 5.93. The first-order chi connectivity index (χ1) is 15.0. The maximum atomic E-state index is 12.2. The van der Waals surface area contributed by atoms with Gasteiger partial charge in [-0.2, -0.15) is 0 Å². The Hall–Kier alpha value is -3.39. The number of carbonyl (C=O) groups excluding carboxylic acids is 2. The van der Waals surface area contributed by atoms with Crippen molar-refractivity contribution >= 4 is 23.2 Å². The highest BCUT2D eigenvalue weighted by atomic mass is 16.5. The summed E-state index contributed by atoms with van der Waals surface area (Å²) in [5.74, 6) is -0.148.